The molecule has 0 aliphatic carbocycles. The zero-order valence-corrected chi connectivity index (χ0v) is 23.9. The Morgan fingerprint density at radius 1 is 0.974 bits per heavy atom. The Morgan fingerprint density at radius 3 is 2.21 bits per heavy atom. The molecule has 0 spiro atoms. The van der Waals surface area contributed by atoms with Crippen molar-refractivity contribution in [3.8, 4) is 5.75 Å². The van der Waals surface area contributed by atoms with Crippen molar-refractivity contribution in [2.75, 3.05) is 13.2 Å². The summed E-state index contributed by atoms with van der Waals surface area (Å²) in [6.45, 7) is 10.4. The number of hydrogen-bond acceptors (Lipinski definition) is 9. The smallest absolute Gasteiger partial charge is 0.360 e. The summed E-state index contributed by atoms with van der Waals surface area (Å²) in [5.41, 5.74) is 1.29. The Bertz CT molecular complexity index is 1290. The van der Waals surface area contributed by atoms with E-state index in [1.165, 1.54) is 18.2 Å². The van der Waals surface area contributed by atoms with E-state index in [9.17, 15) is 19.5 Å². The monoisotopic (exact) mass is 558 g/mol. The van der Waals surface area contributed by atoms with Gasteiger partial charge in [0.05, 0.1) is 33.9 Å². The van der Waals surface area contributed by atoms with Crippen LogP contribution in [0, 0.1) is 10.1 Å². The van der Waals surface area contributed by atoms with Crippen LogP contribution in [-0.4, -0.2) is 36.3 Å². The first-order chi connectivity index (χ1) is 18.4. The summed E-state index contributed by atoms with van der Waals surface area (Å²) in [5, 5.41) is 14.9. The number of esters is 1. The van der Waals surface area contributed by atoms with Crippen LogP contribution >= 0.6 is 7.60 Å². The van der Waals surface area contributed by atoms with E-state index in [4.69, 9.17) is 18.5 Å². The summed E-state index contributed by atoms with van der Waals surface area (Å²) in [7, 11) is -4.02. The van der Waals surface area contributed by atoms with Gasteiger partial charge in [0.15, 0.2) is 0 Å². The van der Waals surface area contributed by atoms with Gasteiger partial charge in [0.1, 0.15) is 19.0 Å². The fraction of sp³-hybridized carbons (Fsp3) is 0.393. The minimum absolute atomic E-state index is 0.0488. The van der Waals surface area contributed by atoms with Gasteiger partial charge in [0, 0.05) is 23.5 Å². The lowest BCUT2D eigenvalue weighted by molar-refractivity contribution is -0.384. The second-order valence-electron chi connectivity index (χ2n) is 9.56. The Kier molecular flexibility index (Phi) is 10.1. The van der Waals surface area contributed by atoms with Gasteiger partial charge in [-0.2, -0.15) is 0 Å². The van der Waals surface area contributed by atoms with Crippen LogP contribution in [0.2, 0.25) is 0 Å². The molecule has 10 nitrogen and oxygen atoms in total. The summed E-state index contributed by atoms with van der Waals surface area (Å²) in [4.78, 5) is 24.6. The maximum absolute atomic E-state index is 14.4. The van der Waals surface area contributed by atoms with Crippen molar-refractivity contribution in [2.45, 2.75) is 59.7 Å². The molecule has 0 fully saturated rings. The van der Waals surface area contributed by atoms with Gasteiger partial charge in [-0.05, 0) is 59.2 Å². The minimum atomic E-state index is -4.02. The average molecular weight is 559 g/mol. The van der Waals surface area contributed by atoms with Crippen LogP contribution in [0.15, 0.2) is 76.9 Å². The van der Waals surface area contributed by atoms with E-state index in [-0.39, 0.29) is 29.8 Å². The van der Waals surface area contributed by atoms with Crippen molar-refractivity contribution in [3.05, 3.63) is 92.6 Å². The molecule has 1 unspecified atom stereocenters. The molecule has 210 valence electrons. The van der Waals surface area contributed by atoms with Crippen LogP contribution < -0.4 is 10.1 Å². The van der Waals surface area contributed by atoms with E-state index in [1.54, 1.807) is 59.7 Å². The molecule has 0 amide bonds. The fourth-order valence-electron chi connectivity index (χ4n) is 4.34. The molecule has 2 aromatic carbocycles. The number of nitro benzene ring substituents is 1. The molecule has 0 saturated heterocycles. The van der Waals surface area contributed by atoms with Gasteiger partial charge in [-0.25, -0.2) is 4.79 Å². The number of nitrogens with one attached hydrogen (secondary N) is 1. The molecular weight excluding hydrogens is 523 g/mol. The van der Waals surface area contributed by atoms with Crippen LogP contribution in [0.3, 0.4) is 0 Å². The average Bonchev–Trinajstić information content (AvgIpc) is 2.85. The standard InChI is InChI=1S/C28H35N2O8P/c1-18(2)37-39(34,38-19(3)4)27-21(6)29-20(5)25(26(27)22-11-10-12-23(17-22)30(32)33)28(31)36-16-15-35-24-13-8-7-9-14-24/h7-14,17-19,26,29H,15-16H2,1-6H3. The maximum Gasteiger partial charge on any atom is 0.360 e. The van der Waals surface area contributed by atoms with Crippen LogP contribution in [-0.2, 0) is 23.1 Å². The number of nitrogens with zero attached hydrogens (tertiary/aromatic N) is 1. The van der Waals surface area contributed by atoms with Gasteiger partial charge in [-0.1, -0.05) is 30.3 Å². The van der Waals surface area contributed by atoms with Crippen LogP contribution in [0.5, 0.6) is 5.75 Å². The molecule has 1 aliphatic heterocycles. The molecule has 0 aromatic heterocycles. The first kappa shape index (κ1) is 30.1. The van der Waals surface area contributed by atoms with E-state index >= 15 is 0 Å². The number of carbonyl (C=O) groups is 1. The first-order valence-electron chi connectivity index (χ1n) is 12.7. The highest BCUT2D eigenvalue weighted by atomic mass is 31.2. The van der Waals surface area contributed by atoms with E-state index in [1.807, 2.05) is 18.2 Å². The summed E-state index contributed by atoms with van der Waals surface area (Å²) < 4.78 is 37.4. The van der Waals surface area contributed by atoms with Gasteiger partial charge in [-0.15, -0.1) is 0 Å². The van der Waals surface area contributed by atoms with Gasteiger partial charge in [0.2, 0.25) is 0 Å². The summed E-state index contributed by atoms with van der Waals surface area (Å²) in [6, 6.07) is 15.0. The van der Waals surface area contributed by atoms with Crippen molar-refractivity contribution >= 4 is 19.3 Å². The number of para-hydroxylation sites is 1. The van der Waals surface area contributed by atoms with Gasteiger partial charge < -0.3 is 23.8 Å². The predicted octanol–water partition coefficient (Wildman–Crippen LogP) is 6.45. The van der Waals surface area contributed by atoms with Crippen molar-refractivity contribution in [3.63, 3.8) is 0 Å². The van der Waals surface area contributed by atoms with Crippen molar-refractivity contribution in [1.29, 1.82) is 0 Å². The zero-order valence-electron chi connectivity index (χ0n) is 23.0. The van der Waals surface area contributed by atoms with Crippen molar-refractivity contribution in [2.24, 2.45) is 0 Å². The summed E-state index contributed by atoms with van der Waals surface area (Å²) in [5.74, 6) is -1.04. The van der Waals surface area contributed by atoms with E-state index in [2.05, 4.69) is 5.32 Å². The predicted molar refractivity (Wildman–Crippen MR) is 147 cm³/mol. The number of carbonyl (C=O) groups excluding carboxylic acids is 1. The fourth-order valence-corrected chi connectivity index (χ4v) is 6.79. The number of allylic oxidation sites excluding steroid dienone is 3. The Labute approximate surface area is 228 Å². The molecule has 0 saturated carbocycles. The number of hydrogen-bond donors (Lipinski definition) is 1. The van der Waals surface area contributed by atoms with Crippen LogP contribution in [0.25, 0.3) is 0 Å². The maximum atomic E-state index is 14.4. The lowest BCUT2D eigenvalue weighted by Gasteiger charge is -2.35. The van der Waals surface area contributed by atoms with Crippen molar-refractivity contribution < 1.29 is 32.8 Å². The highest BCUT2D eigenvalue weighted by molar-refractivity contribution is 7.58. The quantitative estimate of drug-likeness (QED) is 0.103. The number of rotatable bonds is 12. The molecule has 1 aliphatic rings. The molecule has 1 atom stereocenters. The van der Waals surface area contributed by atoms with E-state index < -0.39 is 36.6 Å². The lowest BCUT2D eigenvalue weighted by Crippen LogP contribution is -2.30. The number of nitro groups is 1. The SMILES string of the molecule is CC1=C(C(=O)OCCOc2ccccc2)C(c2cccc([N+](=O)[O-])c2)C(P(=O)(OC(C)C)OC(C)C)=C(C)N1. The normalized spacial score (nSPS) is 15.9. The van der Waals surface area contributed by atoms with Crippen LogP contribution in [0.1, 0.15) is 53.0 Å². The number of non-ortho nitro benzene ring substituents is 1. The second-order valence-corrected chi connectivity index (χ2v) is 11.5. The molecule has 1 N–H and O–H groups in total. The molecule has 0 radical (unpaired) electrons. The molecule has 39 heavy (non-hydrogen) atoms. The molecule has 3 rings (SSSR count). The third-order valence-electron chi connectivity index (χ3n) is 5.68. The summed E-state index contributed by atoms with van der Waals surface area (Å²) >= 11 is 0. The van der Waals surface area contributed by atoms with Gasteiger partial charge in [0.25, 0.3) is 5.69 Å². The third kappa shape index (κ3) is 7.56. The van der Waals surface area contributed by atoms with Gasteiger partial charge >= 0.3 is 13.6 Å². The van der Waals surface area contributed by atoms with Crippen LogP contribution in [0.4, 0.5) is 5.69 Å². The second kappa shape index (κ2) is 13.1. The van der Waals surface area contributed by atoms with E-state index in [0.717, 1.165) is 0 Å². The highest BCUT2D eigenvalue weighted by Crippen LogP contribution is 2.65. The summed E-state index contributed by atoms with van der Waals surface area (Å²) in [6.07, 6.45) is -0.948. The Morgan fingerprint density at radius 2 is 1.62 bits per heavy atom. The van der Waals surface area contributed by atoms with Crippen molar-refractivity contribution in [1.82, 2.24) is 5.32 Å². The molecule has 2 aromatic rings. The number of benzene rings is 2. The molecule has 1 heterocycles. The first-order valence-corrected chi connectivity index (χ1v) is 14.2. The van der Waals surface area contributed by atoms with Gasteiger partial charge in [-0.3, -0.25) is 14.7 Å². The largest absolute Gasteiger partial charge is 0.490 e. The Hall–Kier alpha value is -3.46. The molecule has 11 heteroatoms. The molecular formula is C28H35N2O8P. The topological polar surface area (TPSA) is 126 Å². The third-order valence-corrected chi connectivity index (χ3v) is 8.26. The number of dihydropyridines is 1. The Balaban J connectivity index is 2.04. The highest BCUT2D eigenvalue weighted by Gasteiger charge is 2.46. The molecule has 0 bridgehead atoms. The zero-order chi connectivity index (χ0) is 28.7. The number of ether oxygens (including phenoxy) is 2. The van der Waals surface area contributed by atoms with E-state index in [0.29, 0.717) is 22.7 Å². The minimum Gasteiger partial charge on any atom is -0.490 e. The lowest BCUT2D eigenvalue weighted by atomic mass is 9.86.